The molecule has 0 spiro atoms. The molecule has 1 saturated carbocycles. The van der Waals surface area contributed by atoms with Gasteiger partial charge in [0.2, 0.25) is 5.96 Å². The zero-order chi connectivity index (χ0) is 10.7. The van der Waals surface area contributed by atoms with Crippen LogP contribution in [0.15, 0.2) is 4.99 Å². The third kappa shape index (κ3) is 2.60. The second-order valence-electron chi connectivity index (χ2n) is 4.20. The summed E-state index contributed by atoms with van der Waals surface area (Å²) in [6, 6.07) is 0.879. The number of nitrogens with zero attached hydrogens (tertiary/aromatic N) is 3. The van der Waals surface area contributed by atoms with Gasteiger partial charge in [0.15, 0.2) is 0 Å². The van der Waals surface area contributed by atoms with Gasteiger partial charge in [0.1, 0.15) is 0 Å². The summed E-state index contributed by atoms with van der Waals surface area (Å²) in [4.78, 5) is 9.16. The van der Waals surface area contributed by atoms with Gasteiger partial charge in [-0.25, -0.2) is 5.84 Å². The summed E-state index contributed by atoms with van der Waals surface area (Å²) < 4.78 is 0. The number of rotatable bonds is 2. The first-order valence-electron chi connectivity index (χ1n) is 5.85. The molecule has 1 saturated heterocycles. The number of nitrogens with two attached hydrogens (primary N) is 1. The van der Waals surface area contributed by atoms with Crippen LogP contribution in [0.5, 0.6) is 0 Å². The molecule has 5 nitrogen and oxygen atoms in total. The van der Waals surface area contributed by atoms with E-state index in [2.05, 4.69) is 20.2 Å². The Morgan fingerprint density at radius 1 is 1.33 bits per heavy atom. The van der Waals surface area contributed by atoms with Crippen molar-refractivity contribution < 1.29 is 0 Å². The Morgan fingerprint density at radius 2 is 2.00 bits per heavy atom. The highest BCUT2D eigenvalue weighted by atomic mass is 15.4. The van der Waals surface area contributed by atoms with Crippen molar-refractivity contribution in [3.8, 4) is 0 Å². The van der Waals surface area contributed by atoms with Gasteiger partial charge in [0.05, 0.1) is 0 Å². The summed E-state index contributed by atoms with van der Waals surface area (Å²) in [6.45, 7) is 7.18. The Labute approximate surface area is 91.3 Å². The molecule has 1 heterocycles. The average Bonchev–Trinajstić information content (AvgIpc) is 3.10. The molecule has 2 aliphatic rings. The highest BCUT2D eigenvalue weighted by Gasteiger charge is 2.31. The van der Waals surface area contributed by atoms with Crippen LogP contribution in [0.4, 0.5) is 0 Å². The lowest BCUT2D eigenvalue weighted by Gasteiger charge is -2.36. The number of nitrogens with one attached hydrogen (secondary N) is 1. The maximum Gasteiger partial charge on any atom is 0.208 e. The van der Waals surface area contributed by atoms with E-state index in [1.54, 1.807) is 0 Å². The largest absolute Gasteiger partial charge is 0.339 e. The SMILES string of the molecule is CCN=C(NN)N1CCN(C2CC2)CC1. The fourth-order valence-electron chi connectivity index (χ4n) is 2.13. The molecule has 2 rings (SSSR count). The van der Waals surface area contributed by atoms with Crippen LogP contribution in [0.2, 0.25) is 0 Å². The van der Waals surface area contributed by atoms with Crippen LogP contribution in [0, 0.1) is 0 Å². The molecular formula is C10H21N5. The minimum Gasteiger partial charge on any atom is -0.339 e. The van der Waals surface area contributed by atoms with Gasteiger partial charge in [-0.1, -0.05) is 0 Å². The first-order chi connectivity index (χ1) is 7.35. The molecule has 1 aliphatic heterocycles. The monoisotopic (exact) mass is 211 g/mol. The van der Waals surface area contributed by atoms with E-state index in [1.807, 2.05) is 6.92 Å². The lowest BCUT2D eigenvalue weighted by molar-refractivity contribution is 0.171. The van der Waals surface area contributed by atoms with Crippen LogP contribution < -0.4 is 11.3 Å². The predicted octanol–water partition coefficient (Wildman–Crippen LogP) is -0.394. The zero-order valence-corrected chi connectivity index (χ0v) is 9.45. The molecule has 0 aromatic heterocycles. The smallest absolute Gasteiger partial charge is 0.208 e. The molecule has 15 heavy (non-hydrogen) atoms. The summed E-state index contributed by atoms with van der Waals surface area (Å²) >= 11 is 0. The molecule has 0 amide bonds. The van der Waals surface area contributed by atoms with E-state index in [0.29, 0.717) is 0 Å². The Hall–Kier alpha value is -0.810. The molecule has 0 bridgehead atoms. The average molecular weight is 211 g/mol. The van der Waals surface area contributed by atoms with E-state index in [1.165, 1.54) is 12.8 Å². The molecule has 3 N–H and O–H groups in total. The van der Waals surface area contributed by atoms with Crippen LogP contribution in [-0.2, 0) is 0 Å². The number of piperazine rings is 1. The zero-order valence-electron chi connectivity index (χ0n) is 9.45. The van der Waals surface area contributed by atoms with Crippen LogP contribution in [0.25, 0.3) is 0 Å². The van der Waals surface area contributed by atoms with Crippen molar-refractivity contribution in [2.45, 2.75) is 25.8 Å². The second kappa shape index (κ2) is 4.81. The molecule has 0 unspecified atom stereocenters. The molecular weight excluding hydrogens is 190 g/mol. The minimum atomic E-state index is 0.780. The van der Waals surface area contributed by atoms with Crippen molar-refractivity contribution in [2.75, 3.05) is 32.7 Å². The van der Waals surface area contributed by atoms with E-state index in [-0.39, 0.29) is 0 Å². The summed E-state index contributed by atoms with van der Waals surface area (Å²) in [6.07, 6.45) is 2.79. The van der Waals surface area contributed by atoms with Crippen molar-refractivity contribution >= 4 is 5.96 Å². The summed E-state index contributed by atoms with van der Waals surface area (Å²) in [5.74, 6) is 6.30. The van der Waals surface area contributed by atoms with Crippen molar-refractivity contribution in [3.63, 3.8) is 0 Å². The molecule has 2 fully saturated rings. The molecule has 0 aromatic carbocycles. The fraction of sp³-hybridized carbons (Fsp3) is 0.900. The quantitative estimate of drug-likeness (QED) is 0.282. The van der Waals surface area contributed by atoms with E-state index < -0.39 is 0 Å². The molecule has 0 aromatic rings. The molecule has 1 aliphatic carbocycles. The fourth-order valence-corrected chi connectivity index (χ4v) is 2.13. The van der Waals surface area contributed by atoms with E-state index in [0.717, 1.165) is 44.7 Å². The van der Waals surface area contributed by atoms with Crippen molar-refractivity contribution in [1.82, 2.24) is 15.2 Å². The van der Waals surface area contributed by atoms with E-state index in [4.69, 9.17) is 5.84 Å². The molecule has 0 atom stereocenters. The second-order valence-corrected chi connectivity index (χ2v) is 4.20. The standard InChI is InChI=1S/C10H21N5/c1-2-12-10(13-11)15-7-5-14(6-8-15)9-3-4-9/h9H,2-8,11H2,1H3,(H,12,13). The molecule has 5 heteroatoms. The third-order valence-corrected chi connectivity index (χ3v) is 3.11. The van der Waals surface area contributed by atoms with Gasteiger partial charge in [0, 0.05) is 38.8 Å². The van der Waals surface area contributed by atoms with Gasteiger partial charge in [-0.05, 0) is 19.8 Å². The summed E-state index contributed by atoms with van der Waals surface area (Å²) in [5, 5.41) is 0. The van der Waals surface area contributed by atoms with Gasteiger partial charge in [-0.15, -0.1) is 0 Å². The maximum atomic E-state index is 5.46. The number of hydrazine groups is 1. The van der Waals surface area contributed by atoms with Crippen molar-refractivity contribution in [3.05, 3.63) is 0 Å². The van der Waals surface area contributed by atoms with Crippen LogP contribution in [-0.4, -0.2) is 54.5 Å². The number of hydrogen-bond acceptors (Lipinski definition) is 3. The first kappa shape index (κ1) is 10.7. The Bertz CT molecular complexity index is 228. The van der Waals surface area contributed by atoms with Crippen molar-refractivity contribution in [2.24, 2.45) is 10.8 Å². The van der Waals surface area contributed by atoms with E-state index >= 15 is 0 Å². The van der Waals surface area contributed by atoms with Crippen LogP contribution in [0.1, 0.15) is 19.8 Å². The Morgan fingerprint density at radius 3 is 2.47 bits per heavy atom. The summed E-state index contributed by atoms with van der Waals surface area (Å²) in [5.41, 5.74) is 2.69. The lowest BCUT2D eigenvalue weighted by atomic mass is 10.3. The van der Waals surface area contributed by atoms with Crippen LogP contribution in [0.3, 0.4) is 0 Å². The normalized spacial score (nSPS) is 24.4. The van der Waals surface area contributed by atoms with E-state index in [9.17, 15) is 0 Å². The Kier molecular flexibility index (Phi) is 3.43. The maximum absolute atomic E-state index is 5.46. The molecule has 86 valence electrons. The lowest BCUT2D eigenvalue weighted by Crippen LogP contribution is -2.54. The van der Waals surface area contributed by atoms with Crippen LogP contribution >= 0.6 is 0 Å². The first-order valence-corrected chi connectivity index (χ1v) is 5.85. The van der Waals surface area contributed by atoms with Gasteiger partial charge < -0.3 is 4.90 Å². The van der Waals surface area contributed by atoms with Gasteiger partial charge in [-0.2, -0.15) is 0 Å². The third-order valence-electron chi connectivity index (χ3n) is 3.11. The predicted molar refractivity (Wildman–Crippen MR) is 61.5 cm³/mol. The van der Waals surface area contributed by atoms with Gasteiger partial charge in [-0.3, -0.25) is 15.3 Å². The highest BCUT2D eigenvalue weighted by Crippen LogP contribution is 2.27. The minimum absolute atomic E-state index is 0.780. The molecule has 0 radical (unpaired) electrons. The Balaban J connectivity index is 1.83. The van der Waals surface area contributed by atoms with Crippen molar-refractivity contribution in [1.29, 1.82) is 0 Å². The number of aliphatic imine (C=N–C) groups is 1. The topological polar surface area (TPSA) is 56.9 Å². The highest BCUT2D eigenvalue weighted by molar-refractivity contribution is 5.79. The number of guanidine groups is 1. The number of hydrogen-bond donors (Lipinski definition) is 2. The van der Waals surface area contributed by atoms with Gasteiger partial charge in [0.25, 0.3) is 0 Å². The van der Waals surface area contributed by atoms with Gasteiger partial charge >= 0.3 is 0 Å². The summed E-state index contributed by atoms with van der Waals surface area (Å²) in [7, 11) is 0.